The summed E-state index contributed by atoms with van der Waals surface area (Å²) in [5.74, 6) is -1.93. The molecule has 1 N–H and O–H groups in total. The Morgan fingerprint density at radius 1 is 1.32 bits per heavy atom. The molecule has 0 bridgehead atoms. The molecule has 1 aromatic carbocycles. The topological polar surface area (TPSA) is 101 Å². The second-order valence-corrected chi connectivity index (χ2v) is 5.62. The zero-order valence-electron chi connectivity index (χ0n) is 12.9. The van der Waals surface area contributed by atoms with E-state index in [-0.39, 0.29) is 30.5 Å². The summed E-state index contributed by atoms with van der Waals surface area (Å²) in [6.07, 6.45) is 0.245. The molecule has 1 rings (SSSR count). The van der Waals surface area contributed by atoms with Gasteiger partial charge in [0.1, 0.15) is 0 Å². The zero-order chi connectivity index (χ0) is 16.9. The van der Waals surface area contributed by atoms with Gasteiger partial charge in [-0.1, -0.05) is 26.8 Å². The van der Waals surface area contributed by atoms with Gasteiger partial charge >= 0.3 is 5.97 Å². The fourth-order valence-corrected chi connectivity index (χ4v) is 1.94. The van der Waals surface area contributed by atoms with Crippen molar-refractivity contribution in [3.63, 3.8) is 0 Å². The number of anilines is 1. The lowest BCUT2D eigenvalue weighted by Gasteiger charge is -2.25. The molecule has 22 heavy (non-hydrogen) atoms. The molecule has 7 heteroatoms. The number of carboxylic acid groups (broad SMARTS) is 1. The zero-order valence-corrected chi connectivity index (χ0v) is 12.9. The second kappa shape index (κ2) is 7.53. The van der Waals surface area contributed by atoms with Crippen LogP contribution in [-0.4, -0.2) is 28.5 Å². The van der Waals surface area contributed by atoms with Gasteiger partial charge in [-0.2, -0.15) is 0 Å². The Balaban J connectivity index is 3.13. The Morgan fingerprint density at radius 2 is 1.95 bits per heavy atom. The SMILES string of the molecule is CC(C)CC(=O)N(CC(C)C(=O)O)c1cccc([N+](=O)[O-])c1. The molecule has 120 valence electrons. The Morgan fingerprint density at radius 3 is 2.45 bits per heavy atom. The first-order chi connectivity index (χ1) is 10.2. The number of hydrogen-bond donors (Lipinski definition) is 1. The monoisotopic (exact) mass is 308 g/mol. The fraction of sp³-hybridized carbons (Fsp3) is 0.467. The van der Waals surface area contributed by atoms with E-state index in [1.165, 1.54) is 30.0 Å². The summed E-state index contributed by atoms with van der Waals surface area (Å²) in [4.78, 5) is 35.0. The number of hydrogen-bond acceptors (Lipinski definition) is 4. The van der Waals surface area contributed by atoms with Gasteiger partial charge in [-0.25, -0.2) is 0 Å². The molecule has 0 saturated carbocycles. The van der Waals surface area contributed by atoms with Gasteiger partial charge in [-0.05, 0) is 12.0 Å². The Bertz CT molecular complexity index is 571. The van der Waals surface area contributed by atoms with Gasteiger partial charge in [-0.3, -0.25) is 19.7 Å². The Kier molecular flexibility index (Phi) is 6.03. The van der Waals surface area contributed by atoms with Crippen molar-refractivity contribution in [1.29, 1.82) is 0 Å². The average Bonchev–Trinajstić information content (AvgIpc) is 2.43. The fourth-order valence-electron chi connectivity index (χ4n) is 1.94. The van der Waals surface area contributed by atoms with Crippen molar-refractivity contribution in [3.05, 3.63) is 34.4 Å². The maximum Gasteiger partial charge on any atom is 0.308 e. The number of benzene rings is 1. The van der Waals surface area contributed by atoms with Gasteiger partial charge in [0.15, 0.2) is 0 Å². The van der Waals surface area contributed by atoms with E-state index in [1.54, 1.807) is 6.07 Å². The molecular formula is C15H20N2O5. The third-order valence-electron chi connectivity index (χ3n) is 3.11. The molecule has 0 saturated heterocycles. The molecule has 0 radical (unpaired) electrons. The van der Waals surface area contributed by atoms with Crippen LogP contribution in [0.1, 0.15) is 27.2 Å². The summed E-state index contributed by atoms with van der Waals surface area (Å²) in [5, 5.41) is 19.9. The molecule has 0 aliphatic heterocycles. The lowest BCUT2D eigenvalue weighted by molar-refractivity contribution is -0.384. The molecular weight excluding hydrogens is 288 g/mol. The molecule has 7 nitrogen and oxygen atoms in total. The first-order valence-electron chi connectivity index (χ1n) is 7.00. The van der Waals surface area contributed by atoms with Crippen LogP contribution in [0.5, 0.6) is 0 Å². The van der Waals surface area contributed by atoms with Crippen molar-refractivity contribution in [1.82, 2.24) is 0 Å². The van der Waals surface area contributed by atoms with E-state index in [1.807, 2.05) is 13.8 Å². The van der Waals surface area contributed by atoms with Crippen LogP contribution >= 0.6 is 0 Å². The van der Waals surface area contributed by atoms with E-state index in [2.05, 4.69) is 0 Å². The van der Waals surface area contributed by atoms with Crippen LogP contribution in [0, 0.1) is 22.0 Å². The number of aliphatic carboxylic acids is 1. The molecule has 0 fully saturated rings. The molecule has 0 heterocycles. The molecule has 0 aliphatic carbocycles. The van der Waals surface area contributed by atoms with E-state index in [0.29, 0.717) is 5.69 Å². The second-order valence-electron chi connectivity index (χ2n) is 5.62. The summed E-state index contributed by atoms with van der Waals surface area (Å²) in [6, 6.07) is 5.66. The summed E-state index contributed by atoms with van der Waals surface area (Å²) in [7, 11) is 0. The number of non-ortho nitro benzene ring substituents is 1. The number of rotatable bonds is 7. The number of nitro groups is 1. The van der Waals surface area contributed by atoms with E-state index in [4.69, 9.17) is 5.11 Å². The molecule has 1 aromatic rings. The molecule has 1 amide bonds. The summed E-state index contributed by atoms with van der Waals surface area (Å²) in [5.41, 5.74) is 0.204. The first-order valence-corrected chi connectivity index (χ1v) is 7.00. The van der Waals surface area contributed by atoms with Crippen molar-refractivity contribution in [2.24, 2.45) is 11.8 Å². The number of carboxylic acids is 1. The van der Waals surface area contributed by atoms with Crippen molar-refractivity contribution >= 4 is 23.3 Å². The maximum absolute atomic E-state index is 12.4. The standard InChI is InChI=1S/C15H20N2O5/c1-10(2)7-14(18)16(9-11(3)15(19)20)12-5-4-6-13(8-12)17(21)22/h4-6,8,10-11H,7,9H2,1-3H3,(H,19,20). The Labute approximate surface area is 128 Å². The van der Waals surface area contributed by atoms with Gasteiger partial charge in [0.05, 0.1) is 16.5 Å². The minimum Gasteiger partial charge on any atom is -0.481 e. The van der Waals surface area contributed by atoms with Crippen LogP contribution in [-0.2, 0) is 9.59 Å². The highest BCUT2D eigenvalue weighted by molar-refractivity contribution is 5.94. The lowest BCUT2D eigenvalue weighted by Crippen LogP contribution is -2.37. The van der Waals surface area contributed by atoms with Crippen LogP contribution in [0.25, 0.3) is 0 Å². The highest BCUT2D eigenvalue weighted by atomic mass is 16.6. The van der Waals surface area contributed by atoms with Gasteiger partial charge < -0.3 is 10.0 Å². The maximum atomic E-state index is 12.4. The van der Waals surface area contributed by atoms with Crippen LogP contribution in [0.4, 0.5) is 11.4 Å². The third kappa shape index (κ3) is 4.83. The van der Waals surface area contributed by atoms with Crippen molar-refractivity contribution < 1.29 is 19.6 Å². The summed E-state index contributed by atoms with van der Waals surface area (Å²) < 4.78 is 0. The molecule has 0 aliphatic rings. The smallest absolute Gasteiger partial charge is 0.308 e. The van der Waals surface area contributed by atoms with E-state index in [0.717, 1.165) is 0 Å². The third-order valence-corrected chi connectivity index (χ3v) is 3.11. The van der Waals surface area contributed by atoms with Crippen LogP contribution in [0.3, 0.4) is 0 Å². The predicted octanol–water partition coefficient (Wildman–Crippen LogP) is 2.69. The van der Waals surface area contributed by atoms with Crippen molar-refractivity contribution in [2.45, 2.75) is 27.2 Å². The molecule has 1 unspecified atom stereocenters. The number of nitro benzene ring substituents is 1. The van der Waals surface area contributed by atoms with Gasteiger partial charge in [0.25, 0.3) is 5.69 Å². The van der Waals surface area contributed by atoms with Crippen molar-refractivity contribution in [2.75, 3.05) is 11.4 Å². The average molecular weight is 308 g/mol. The molecule has 0 aromatic heterocycles. The highest BCUT2D eigenvalue weighted by Crippen LogP contribution is 2.23. The van der Waals surface area contributed by atoms with Crippen LogP contribution in [0.2, 0.25) is 0 Å². The summed E-state index contributed by atoms with van der Waals surface area (Å²) in [6.45, 7) is 5.23. The van der Waals surface area contributed by atoms with Gasteiger partial charge in [0.2, 0.25) is 5.91 Å². The van der Waals surface area contributed by atoms with Crippen LogP contribution < -0.4 is 4.90 Å². The minimum absolute atomic E-state index is 0.0257. The van der Waals surface area contributed by atoms with Gasteiger partial charge in [0, 0.05) is 25.1 Å². The van der Waals surface area contributed by atoms with Gasteiger partial charge in [-0.15, -0.1) is 0 Å². The Hall–Kier alpha value is -2.44. The predicted molar refractivity (Wildman–Crippen MR) is 81.7 cm³/mol. The number of nitrogens with zero attached hydrogens (tertiary/aromatic N) is 2. The first kappa shape index (κ1) is 17.6. The minimum atomic E-state index is -1.02. The van der Waals surface area contributed by atoms with E-state index in [9.17, 15) is 19.7 Å². The quantitative estimate of drug-likeness (QED) is 0.616. The number of amides is 1. The number of carbonyl (C=O) groups excluding carboxylic acids is 1. The highest BCUT2D eigenvalue weighted by Gasteiger charge is 2.23. The molecule has 1 atom stereocenters. The van der Waals surface area contributed by atoms with E-state index < -0.39 is 16.8 Å². The largest absolute Gasteiger partial charge is 0.481 e. The normalized spacial score (nSPS) is 12.0. The number of carbonyl (C=O) groups is 2. The lowest BCUT2D eigenvalue weighted by atomic mass is 10.1. The van der Waals surface area contributed by atoms with E-state index >= 15 is 0 Å². The van der Waals surface area contributed by atoms with Crippen LogP contribution in [0.15, 0.2) is 24.3 Å². The summed E-state index contributed by atoms with van der Waals surface area (Å²) >= 11 is 0. The molecule has 0 spiro atoms. The van der Waals surface area contributed by atoms with Crippen molar-refractivity contribution in [3.8, 4) is 0 Å².